The number of benzene rings is 6. The average Bonchev–Trinajstić information content (AvgIpc) is 3.29. The molecule has 0 fully saturated rings. The Morgan fingerprint density at radius 1 is 0.586 bits per heavy atom. The number of carbonyl (C=O) groups is 1. The Labute approximate surface area is 346 Å². The van der Waals surface area contributed by atoms with Crippen molar-refractivity contribution in [1.82, 2.24) is 9.80 Å². The van der Waals surface area contributed by atoms with Gasteiger partial charge in [-0.05, 0) is 46.3 Å². The third-order valence-electron chi connectivity index (χ3n) is 10.3. The summed E-state index contributed by atoms with van der Waals surface area (Å²) in [6.07, 6.45) is 0.677. The zero-order valence-corrected chi connectivity index (χ0v) is 34.2. The Hall–Kier alpha value is -5.88. The predicted molar refractivity (Wildman–Crippen MR) is 235 cm³/mol. The maximum atomic E-state index is 13.2. The molecule has 300 valence electrons. The fourth-order valence-electron chi connectivity index (χ4n) is 7.35. The van der Waals surface area contributed by atoms with Crippen molar-refractivity contribution in [2.75, 3.05) is 20.3 Å². The molecule has 7 nitrogen and oxygen atoms in total. The lowest BCUT2D eigenvalue weighted by molar-refractivity contribution is -0.157. The summed E-state index contributed by atoms with van der Waals surface area (Å²) in [5.41, 5.74) is 10.7. The van der Waals surface area contributed by atoms with Crippen LogP contribution in [0.15, 0.2) is 182 Å². The van der Waals surface area contributed by atoms with Crippen molar-refractivity contribution in [2.24, 2.45) is 5.73 Å². The third kappa shape index (κ3) is 11.8. The van der Waals surface area contributed by atoms with Crippen molar-refractivity contribution in [3.05, 3.63) is 215 Å². The van der Waals surface area contributed by atoms with Crippen LogP contribution in [0.1, 0.15) is 60.1 Å². The van der Waals surface area contributed by atoms with Crippen molar-refractivity contribution >= 4 is 5.97 Å². The Kier molecular flexibility index (Phi) is 18.6. The highest BCUT2D eigenvalue weighted by Crippen LogP contribution is 2.37. The molecular weight excluding hydrogens is 717 g/mol. The van der Waals surface area contributed by atoms with Gasteiger partial charge in [-0.3, -0.25) is 9.80 Å². The topological polar surface area (TPSA) is 103 Å². The molecule has 2 atom stereocenters. The monoisotopic (exact) mass is 774 g/mol. The number of hydrogen-bond donors (Lipinski definition) is 2. The molecule has 0 radical (unpaired) electrons. The molecule has 6 aromatic rings. The average molecular weight is 775 g/mol. The maximum absolute atomic E-state index is 13.2. The molecule has 0 heterocycles. The van der Waals surface area contributed by atoms with Crippen LogP contribution in [0.25, 0.3) is 0 Å². The van der Waals surface area contributed by atoms with Crippen LogP contribution in [0, 0.1) is 11.3 Å². The van der Waals surface area contributed by atoms with Gasteiger partial charge >= 0.3 is 5.97 Å². The molecule has 0 spiro atoms. The molecule has 0 aliphatic carbocycles. The maximum Gasteiger partial charge on any atom is 0.332 e. The number of rotatable bonds is 17. The number of carbonyl (C=O) groups excluding carboxylic acids is 1. The van der Waals surface area contributed by atoms with Crippen LogP contribution in [0.5, 0.6) is 0 Å². The van der Waals surface area contributed by atoms with E-state index >= 15 is 0 Å². The second-order valence-corrected chi connectivity index (χ2v) is 13.8. The highest BCUT2D eigenvalue weighted by atomic mass is 16.5. The molecule has 0 aliphatic rings. The predicted octanol–water partition coefficient (Wildman–Crippen LogP) is 9.62. The largest absolute Gasteiger partial charge is 0.467 e. The van der Waals surface area contributed by atoms with Gasteiger partial charge in [-0.2, -0.15) is 5.26 Å². The second kappa shape index (κ2) is 24.0. The van der Waals surface area contributed by atoms with E-state index < -0.39 is 17.0 Å². The first-order valence-electron chi connectivity index (χ1n) is 20.0. The number of nitrogens with two attached hydrogens (primary N) is 1. The van der Waals surface area contributed by atoms with E-state index in [2.05, 4.69) is 71.6 Å². The first-order valence-corrected chi connectivity index (χ1v) is 20.0. The smallest absolute Gasteiger partial charge is 0.332 e. The minimum absolute atomic E-state index is 0.0106. The Morgan fingerprint density at radius 2 is 0.914 bits per heavy atom. The third-order valence-corrected chi connectivity index (χ3v) is 10.3. The summed E-state index contributed by atoms with van der Waals surface area (Å²) in [6, 6.07) is 62.7. The Balaban J connectivity index is 0.000000247. The van der Waals surface area contributed by atoms with Gasteiger partial charge in [-0.25, -0.2) is 4.79 Å². The van der Waals surface area contributed by atoms with Crippen molar-refractivity contribution < 1.29 is 14.6 Å². The quantitative estimate of drug-likeness (QED) is 0.0891. The van der Waals surface area contributed by atoms with Gasteiger partial charge in [0.25, 0.3) is 0 Å². The number of methoxy groups -OCH3 is 1. The van der Waals surface area contributed by atoms with Gasteiger partial charge in [0, 0.05) is 26.2 Å². The van der Waals surface area contributed by atoms with E-state index in [1.165, 1.54) is 18.2 Å². The highest BCUT2D eigenvalue weighted by molar-refractivity contribution is 5.83. The first kappa shape index (κ1) is 44.8. The summed E-state index contributed by atoms with van der Waals surface area (Å²) < 4.78 is 5.25. The number of nitriles is 1. The van der Waals surface area contributed by atoms with Crippen LogP contribution >= 0.6 is 0 Å². The zero-order chi connectivity index (χ0) is 41.5. The van der Waals surface area contributed by atoms with E-state index in [4.69, 9.17) is 10.5 Å². The molecule has 0 saturated heterocycles. The fourth-order valence-corrected chi connectivity index (χ4v) is 7.35. The van der Waals surface area contributed by atoms with E-state index in [1.54, 1.807) is 0 Å². The molecule has 3 N–H and O–H groups in total. The van der Waals surface area contributed by atoms with Crippen LogP contribution in [0.2, 0.25) is 0 Å². The van der Waals surface area contributed by atoms with Crippen LogP contribution < -0.4 is 5.73 Å². The Bertz CT molecular complexity index is 1960. The van der Waals surface area contributed by atoms with Gasteiger partial charge < -0.3 is 15.6 Å². The lowest BCUT2D eigenvalue weighted by Crippen LogP contribution is -2.51. The lowest BCUT2D eigenvalue weighted by Gasteiger charge is -2.43. The molecule has 0 bridgehead atoms. The molecule has 0 saturated carbocycles. The van der Waals surface area contributed by atoms with E-state index in [0.29, 0.717) is 26.1 Å². The second-order valence-electron chi connectivity index (χ2n) is 13.8. The number of nitrogens with zero attached hydrogens (tertiary/aromatic N) is 3. The van der Waals surface area contributed by atoms with Crippen molar-refractivity contribution in [3.63, 3.8) is 0 Å². The van der Waals surface area contributed by atoms with Gasteiger partial charge in [0.2, 0.25) is 0 Å². The van der Waals surface area contributed by atoms with Crippen LogP contribution in [-0.4, -0.2) is 41.1 Å². The zero-order valence-electron chi connectivity index (χ0n) is 34.2. The van der Waals surface area contributed by atoms with Crippen LogP contribution in [0.4, 0.5) is 0 Å². The lowest BCUT2D eigenvalue weighted by atomic mass is 9.84. The van der Waals surface area contributed by atoms with Crippen LogP contribution in [0.3, 0.4) is 0 Å². The van der Waals surface area contributed by atoms with Gasteiger partial charge in [0.15, 0.2) is 5.54 Å². The highest BCUT2D eigenvalue weighted by Gasteiger charge is 2.47. The summed E-state index contributed by atoms with van der Waals surface area (Å²) in [5, 5.41) is 20.3. The number of esters is 1. The standard InChI is InChI=1S/C25H24N2O2.C24H28N2O.C2H6/c1-29-24(28)25(17-18-26,23-15-9-4-10-16-23)27(19-21-11-5-2-6-12-21)20-22-13-7-3-8-14-22;25-17-16-24(20-27,23-14-8-3-9-15-23)26(18-21-10-4-1-5-11-21)19-22-12-6-2-7-13-22;1-2/h2-16H,17,19-20H2,1H3;1-15,27H,16-20,25H2;1-2H3. The van der Waals surface area contributed by atoms with Crippen molar-refractivity contribution in [2.45, 2.75) is 63.9 Å². The van der Waals surface area contributed by atoms with Gasteiger partial charge in [0.1, 0.15) is 0 Å². The SMILES string of the molecule is CC.COC(=O)C(CC#N)(c1ccccc1)N(Cc1ccccc1)Cc1ccccc1.NCCC(CO)(c1ccccc1)N(Cc1ccccc1)Cc1ccccc1. The summed E-state index contributed by atoms with van der Waals surface area (Å²) >= 11 is 0. The number of aliphatic hydroxyl groups excluding tert-OH is 1. The van der Waals surface area contributed by atoms with Gasteiger partial charge in [-0.15, -0.1) is 0 Å². The minimum Gasteiger partial charge on any atom is -0.467 e. The number of ether oxygens (including phenoxy) is 1. The van der Waals surface area contributed by atoms with Gasteiger partial charge in [0.05, 0.1) is 31.7 Å². The molecule has 58 heavy (non-hydrogen) atoms. The summed E-state index contributed by atoms with van der Waals surface area (Å²) in [4.78, 5) is 17.6. The molecule has 0 aromatic heterocycles. The molecular formula is C51H58N4O3. The summed E-state index contributed by atoms with van der Waals surface area (Å²) in [7, 11) is 1.38. The summed E-state index contributed by atoms with van der Waals surface area (Å²) in [5.74, 6) is -0.433. The molecule has 0 aliphatic heterocycles. The van der Waals surface area contributed by atoms with Gasteiger partial charge in [-0.1, -0.05) is 196 Å². The van der Waals surface area contributed by atoms with E-state index in [-0.39, 0.29) is 13.0 Å². The van der Waals surface area contributed by atoms with Crippen molar-refractivity contribution in [3.8, 4) is 6.07 Å². The van der Waals surface area contributed by atoms with E-state index in [9.17, 15) is 15.2 Å². The normalized spacial score (nSPS) is 12.7. The minimum atomic E-state index is -1.21. The van der Waals surface area contributed by atoms with E-state index in [0.717, 1.165) is 35.3 Å². The van der Waals surface area contributed by atoms with E-state index in [1.807, 2.05) is 140 Å². The molecule has 6 aromatic carbocycles. The molecule has 0 amide bonds. The Morgan fingerprint density at radius 3 is 1.22 bits per heavy atom. The summed E-state index contributed by atoms with van der Waals surface area (Å²) in [6.45, 7) is 7.02. The molecule has 7 heteroatoms. The molecule has 6 rings (SSSR count). The first-order chi connectivity index (χ1) is 28.5. The van der Waals surface area contributed by atoms with Crippen molar-refractivity contribution in [1.29, 1.82) is 5.26 Å². The van der Waals surface area contributed by atoms with Crippen LogP contribution in [-0.2, 0) is 46.8 Å². The molecule has 2 unspecified atom stereocenters. The number of aliphatic hydroxyl groups is 1. The fraction of sp³-hybridized carbons (Fsp3) is 0.255. The number of hydrogen-bond acceptors (Lipinski definition) is 7.